The lowest BCUT2D eigenvalue weighted by atomic mass is 9.98. The van der Waals surface area contributed by atoms with E-state index in [1.54, 1.807) is 0 Å². The van der Waals surface area contributed by atoms with E-state index in [4.69, 9.17) is 28.4 Å². The second-order valence-corrected chi connectivity index (χ2v) is 20.8. The minimum Gasteiger partial charge on any atom is -0.457 e. The second-order valence-electron chi connectivity index (χ2n) is 20.8. The molecular formula is C58H108O14. The predicted octanol–water partition coefficient (Wildman–Crippen LogP) is 10.4. The van der Waals surface area contributed by atoms with Crippen LogP contribution in [0.5, 0.6) is 0 Å². The lowest BCUT2D eigenvalue weighted by molar-refractivity contribution is -0.332. The first-order chi connectivity index (χ1) is 35.1. The van der Waals surface area contributed by atoms with E-state index in [-0.39, 0.29) is 25.6 Å². The fourth-order valence-corrected chi connectivity index (χ4v) is 9.44. The van der Waals surface area contributed by atoms with Gasteiger partial charge in [-0.05, 0) is 44.9 Å². The van der Waals surface area contributed by atoms with Gasteiger partial charge in [0.05, 0.1) is 26.4 Å². The Bertz CT molecular complexity index is 1290. The molecule has 0 bridgehead atoms. The van der Waals surface area contributed by atoms with Crippen LogP contribution in [0.15, 0.2) is 24.3 Å². The minimum absolute atomic E-state index is 0.0630. The third-order valence-corrected chi connectivity index (χ3v) is 14.2. The van der Waals surface area contributed by atoms with Crippen molar-refractivity contribution in [1.29, 1.82) is 0 Å². The molecule has 2 fully saturated rings. The average molecular weight is 1030 g/mol. The van der Waals surface area contributed by atoms with Gasteiger partial charge < -0.3 is 64.2 Å². The van der Waals surface area contributed by atoms with Gasteiger partial charge in [-0.15, -0.1) is 0 Å². The van der Waals surface area contributed by atoms with E-state index in [9.17, 15) is 40.5 Å². The topological polar surface area (TPSA) is 214 Å². The number of rotatable bonds is 48. The van der Waals surface area contributed by atoms with Crippen molar-refractivity contribution in [2.75, 3.05) is 33.0 Å². The molecule has 2 heterocycles. The summed E-state index contributed by atoms with van der Waals surface area (Å²) in [5.74, 6) is -0.379. The monoisotopic (exact) mass is 1030 g/mol. The van der Waals surface area contributed by atoms with Gasteiger partial charge in [0.25, 0.3) is 0 Å². The summed E-state index contributed by atoms with van der Waals surface area (Å²) in [7, 11) is 0. The molecule has 11 unspecified atom stereocenters. The highest BCUT2D eigenvalue weighted by atomic mass is 16.7. The summed E-state index contributed by atoms with van der Waals surface area (Å²) in [5, 5.41) is 72.3. The van der Waals surface area contributed by atoms with Gasteiger partial charge in [0.1, 0.15) is 54.9 Å². The number of aliphatic hydroxyl groups excluding tert-OH is 7. The maximum atomic E-state index is 13.1. The molecule has 0 amide bonds. The second kappa shape index (κ2) is 45.6. The molecule has 0 aromatic heterocycles. The van der Waals surface area contributed by atoms with Crippen molar-refractivity contribution in [3.05, 3.63) is 24.3 Å². The molecule has 0 aromatic carbocycles. The first kappa shape index (κ1) is 66.6. The first-order valence-electron chi connectivity index (χ1n) is 29.4. The summed E-state index contributed by atoms with van der Waals surface area (Å²) < 4.78 is 34.4. The number of allylic oxidation sites excluding steroid dienone is 4. The summed E-state index contributed by atoms with van der Waals surface area (Å²) in [5.41, 5.74) is 0. The Hall–Kier alpha value is -1.53. The van der Waals surface area contributed by atoms with Gasteiger partial charge in [-0.25, -0.2) is 0 Å². The fourth-order valence-electron chi connectivity index (χ4n) is 9.44. The van der Waals surface area contributed by atoms with Crippen molar-refractivity contribution in [3.8, 4) is 0 Å². The maximum absolute atomic E-state index is 13.1. The zero-order chi connectivity index (χ0) is 52.3. The number of unbranched alkanes of at least 4 members (excludes halogenated alkanes) is 30. The quantitative estimate of drug-likeness (QED) is 0.0172. The van der Waals surface area contributed by atoms with E-state index < -0.39 is 80.7 Å². The highest BCUT2D eigenvalue weighted by molar-refractivity contribution is 5.69. The summed E-state index contributed by atoms with van der Waals surface area (Å²) >= 11 is 0. The number of esters is 1. The number of aliphatic hydroxyl groups is 7. The van der Waals surface area contributed by atoms with Crippen molar-refractivity contribution >= 4 is 5.97 Å². The van der Waals surface area contributed by atoms with Crippen molar-refractivity contribution in [1.82, 2.24) is 0 Å². The van der Waals surface area contributed by atoms with Gasteiger partial charge in [-0.2, -0.15) is 0 Å². The first-order valence-corrected chi connectivity index (χ1v) is 29.4. The molecular weight excluding hydrogens is 921 g/mol. The Morgan fingerprint density at radius 2 is 0.861 bits per heavy atom. The zero-order valence-electron chi connectivity index (χ0n) is 45.4. The van der Waals surface area contributed by atoms with Gasteiger partial charge in [-0.1, -0.05) is 212 Å². The van der Waals surface area contributed by atoms with Crippen molar-refractivity contribution in [2.45, 2.75) is 306 Å². The van der Waals surface area contributed by atoms with E-state index >= 15 is 0 Å². The zero-order valence-corrected chi connectivity index (χ0v) is 45.4. The Morgan fingerprint density at radius 1 is 0.458 bits per heavy atom. The molecule has 0 aromatic rings. The van der Waals surface area contributed by atoms with Crippen molar-refractivity contribution in [3.63, 3.8) is 0 Å². The highest BCUT2D eigenvalue weighted by Crippen LogP contribution is 2.27. The van der Waals surface area contributed by atoms with Crippen LogP contribution >= 0.6 is 0 Å². The molecule has 72 heavy (non-hydrogen) atoms. The Morgan fingerprint density at radius 3 is 1.35 bits per heavy atom. The van der Waals surface area contributed by atoms with Crippen LogP contribution in [0, 0.1) is 0 Å². The lowest BCUT2D eigenvalue weighted by Crippen LogP contribution is -2.61. The third-order valence-electron chi connectivity index (χ3n) is 14.2. The summed E-state index contributed by atoms with van der Waals surface area (Å²) in [6.07, 6.45) is 35.2. The third kappa shape index (κ3) is 32.1. The van der Waals surface area contributed by atoms with Gasteiger partial charge in [0.15, 0.2) is 12.6 Å². The van der Waals surface area contributed by atoms with Crippen molar-refractivity contribution < 1.29 is 69.0 Å². The number of hydrogen-bond acceptors (Lipinski definition) is 14. The summed E-state index contributed by atoms with van der Waals surface area (Å²) in [4.78, 5) is 13.1. The molecule has 2 aliphatic heterocycles. The van der Waals surface area contributed by atoms with Crippen LogP contribution in [0.1, 0.15) is 239 Å². The Labute approximate surface area is 437 Å². The van der Waals surface area contributed by atoms with Crippen LogP contribution in [-0.2, 0) is 33.2 Å². The molecule has 2 rings (SSSR count). The molecule has 11 atom stereocenters. The van der Waals surface area contributed by atoms with E-state index in [1.807, 2.05) is 0 Å². The van der Waals surface area contributed by atoms with E-state index in [0.717, 1.165) is 51.4 Å². The number of hydrogen-bond donors (Lipinski definition) is 7. The molecule has 0 radical (unpaired) electrons. The van der Waals surface area contributed by atoms with Crippen LogP contribution in [0.25, 0.3) is 0 Å². The van der Waals surface area contributed by atoms with Crippen LogP contribution in [0.3, 0.4) is 0 Å². The molecule has 14 nitrogen and oxygen atoms in total. The largest absolute Gasteiger partial charge is 0.457 e. The smallest absolute Gasteiger partial charge is 0.306 e. The molecule has 2 saturated heterocycles. The predicted molar refractivity (Wildman–Crippen MR) is 284 cm³/mol. The van der Waals surface area contributed by atoms with Crippen LogP contribution in [-0.4, -0.2) is 142 Å². The van der Waals surface area contributed by atoms with Crippen LogP contribution < -0.4 is 0 Å². The molecule has 14 heteroatoms. The van der Waals surface area contributed by atoms with E-state index in [0.29, 0.717) is 13.0 Å². The molecule has 0 spiro atoms. The molecule has 7 N–H and O–H groups in total. The van der Waals surface area contributed by atoms with Crippen LogP contribution in [0.4, 0.5) is 0 Å². The van der Waals surface area contributed by atoms with Crippen molar-refractivity contribution in [2.24, 2.45) is 0 Å². The fraction of sp³-hybridized carbons (Fsp3) is 0.914. The molecule has 424 valence electrons. The lowest BCUT2D eigenvalue weighted by Gasteiger charge is -2.42. The van der Waals surface area contributed by atoms with Gasteiger partial charge >= 0.3 is 5.97 Å². The summed E-state index contributed by atoms with van der Waals surface area (Å²) in [6.45, 7) is 3.71. The molecule has 0 saturated carbocycles. The number of ether oxygens (including phenoxy) is 6. The average Bonchev–Trinajstić information content (AvgIpc) is 3.38. The number of carbonyl (C=O) groups excluding carboxylic acids is 1. The molecule has 0 aliphatic carbocycles. The number of carbonyl (C=O) groups is 1. The Kier molecular flexibility index (Phi) is 42.2. The Balaban J connectivity index is 1.71. The summed E-state index contributed by atoms with van der Waals surface area (Å²) in [6, 6.07) is 0. The van der Waals surface area contributed by atoms with E-state index in [1.165, 1.54) is 161 Å². The normalized spacial score (nSPS) is 25.2. The maximum Gasteiger partial charge on any atom is 0.306 e. The van der Waals surface area contributed by atoms with E-state index in [2.05, 4.69) is 38.2 Å². The van der Waals surface area contributed by atoms with Gasteiger partial charge in [0, 0.05) is 13.0 Å². The highest BCUT2D eigenvalue weighted by Gasteiger charge is 2.47. The van der Waals surface area contributed by atoms with Gasteiger partial charge in [0.2, 0.25) is 0 Å². The standard InChI is InChI=1S/C58H108O14/c1-3-5-7-9-11-13-15-17-19-21-23-24-26-28-30-32-34-36-38-40-42-67-44-47(70-50(60)41-39-37-35-33-31-29-27-25-22-20-18-16-14-12-10-8-6-4-2)45-68-57-56(66)54(64)52(62)49(72-57)46-69-58-55(65)53(63)51(61)48(43-59)71-58/h14,16,20,22,47-49,51-59,61-66H,3-13,15,17-19,21,23-46H2,1-2H3/b16-14-,22-20-. The molecule has 2 aliphatic rings. The SMILES string of the molecule is CCCCCC/C=C\C/C=C\CCCCCCCCCC(=O)OC(COCCCCCCCCCCCCCCCCCCCCCC)COC1OC(COC2OC(CO)C(O)C(O)C2O)C(O)C(O)C1O. The van der Waals surface area contributed by atoms with Gasteiger partial charge in [-0.3, -0.25) is 4.79 Å². The minimum atomic E-state index is -1.71. The van der Waals surface area contributed by atoms with Crippen LogP contribution in [0.2, 0.25) is 0 Å².